The number of nitrogens with zero attached hydrogens (tertiary/aromatic N) is 1. The lowest BCUT2D eigenvalue weighted by atomic mass is 10.1. The van der Waals surface area contributed by atoms with E-state index in [0.717, 1.165) is 5.56 Å². The minimum absolute atomic E-state index is 0.0414. The second-order valence-electron chi connectivity index (χ2n) is 6.15. The molecule has 1 atom stereocenters. The SMILES string of the molecule is C[C@H](NCCNC(=O)c1ccccc1)c1ccc(S(=O)(=O)N(C)C)cc1. The number of hydrogen-bond acceptors (Lipinski definition) is 4. The molecule has 0 aliphatic heterocycles. The first kappa shape index (κ1) is 20.1. The van der Waals surface area contributed by atoms with Gasteiger partial charge in [-0.2, -0.15) is 0 Å². The summed E-state index contributed by atoms with van der Waals surface area (Å²) in [5.74, 6) is -0.0988. The van der Waals surface area contributed by atoms with Gasteiger partial charge >= 0.3 is 0 Å². The van der Waals surface area contributed by atoms with Crippen LogP contribution in [0.1, 0.15) is 28.9 Å². The fourth-order valence-electron chi connectivity index (χ4n) is 2.41. The first-order valence-electron chi connectivity index (χ1n) is 8.41. The molecule has 7 heteroatoms. The summed E-state index contributed by atoms with van der Waals surface area (Å²) in [7, 11) is -0.389. The Hall–Kier alpha value is -2.22. The van der Waals surface area contributed by atoms with E-state index in [-0.39, 0.29) is 16.8 Å². The number of nitrogens with one attached hydrogen (secondary N) is 2. The van der Waals surface area contributed by atoms with Gasteiger partial charge in [-0.1, -0.05) is 30.3 Å². The smallest absolute Gasteiger partial charge is 0.251 e. The summed E-state index contributed by atoms with van der Waals surface area (Å²) in [6.07, 6.45) is 0. The second kappa shape index (κ2) is 8.93. The van der Waals surface area contributed by atoms with E-state index in [1.54, 1.807) is 36.4 Å². The van der Waals surface area contributed by atoms with Crippen LogP contribution >= 0.6 is 0 Å². The van der Waals surface area contributed by atoms with Crippen LogP contribution in [0.15, 0.2) is 59.5 Å². The average molecular weight is 375 g/mol. The minimum Gasteiger partial charge on any atom is -0.351 e. The summed E-state index contributed by atoms with van der Waals surface area (Å²) in [5, 5.41) is 6.17. The van der Waals surface area contributed by atoms with Crippen LogP contribution in [0, 0.1) is 0 Å². The lowest BCUT2D eigenvalue weighted by molar-refractivity contribution is 0.0953. The van der Waals surface area contributed by atoms with Gasteiger partial charge in [0.1, 0.15) is 0 Å². The summed E-state index contributed by atoms with van der Waals surface area (Å²) in [5.41, 5.74) is 1.62. The number of sulfonamides is 1. The van der Waals surface area contributed by atoms with Crippen LogP contribution in [0.5, 0.6) is 0 Å². The molecule has 0 aliphatic rings. The Morgan fingerprint density at radius 2 is 1.62 bits per heavy atom. The van der Waals surface area contributed by atoms with Crippen molar-refractivity contribution in [3.63, 3.8) is 0 Å². The van der Waals surface area contributed by atoms with Crippen molar-refractivity contribution in [1.82, 2.24) is 14.9 Å². The summed E-state index contributed by atoms with van der Waals surface area (Å²) in [6, 6.07) is 15.9. The molecule has 26 heavy (non-hydrogen) atoms. The van der Waals surface area contributed by atoms with E-state index in [1.165, 1.54) is 18.4 Å². The molecule has 0 aliphatic carbocycles. The molecule has 2 aromatic rings. The number of carbonyl (C=O) groups excluding carboxylic acids is 1. The molecule has 0 saturated heterocycles. The Morgan fingerprint density at radius 1 is 1.00 bits per heavy atom. The number of carbonyl (C=O) groups is 1. The maximum Gasteiger partial charge on any atom is 0.251 e. The highest BCUT2D eigenvalue weighted by atomic mass is 32.2. The van der Waals surface area contributed by atoms with Gasteiger partial charge in [0.15, 0.2) is 0 Å². The highest BCUT2D eigenvalue weighted by Gasteiger charge is 2.17. The largest absolute Gasteiger partial charge is 0.351 e. The van der Waals surface area contributed by atoms with Gasteiger partial charge in [-0.25, -0.2) is 12.7 Å². The van der Waals surface area contributed by atoms with Gasteiger partial charge < -0.3 is 10.6 Å². The molecule has 0 bridgehead atoms. The maximum absolute atomic E-state index is 12.1. The molecule has 0 radical (unpaired) electrons. The average Bonchev–Trinajstić information content (AvgIpc) is 2.65. The van der Waals surface area contributed by atoms with Crippen LogP contribution in [0.25, 0.3) is 0 Å². The molecule has 2 aromatic carbocycles. The van der Waals surface area contributed by atoms with Gasteiger partial charge in [0, 0.05) is 38.8 Å². The normalized spacial score (nSPS) is 12.8. The van der Waals surface area contributed by atoms with E-state index in [0.29, 0.717) is 18.7 Å². The molecule has 0 saturated carbocycles. The molecular formula is C19H25N3O3S. The monoisotopic (exact) mass is 375 g/mol. The third-order valence-electron chi connectivity index (χ3n) is 4.06. The zero-order valence-corrected chi connectivity index (χ0v) is 16.1. The van der Waals surface area contributed by atoms with Gasteiger partial charge in [0.25, 0.3) is 5.91 Å². The molecule has 0 unspecified atom stereocenters. The van der Waals surface area contributed by atoms with E-state index in [4.69, 9.17) is 0 Å². The molecule has 1 amide bonds. The summed E-state index contributed by atoms with van der Waals surface area (Å²) < 4.78 is 25.3. The van der Waals surface area contributed by atoms with Crippen LogP contribution < -0.4 is 10.6 Å². The molecule has 2 N–H and O–H groups in total. The van der Waals surface area contributed by atoms with Crippen LogP contribution in [-0.4, -0.2) is 45.8 Å². The van der Waals surface area contributed by atoms with Crippen LogP contribution in [0.4, 0.5) is 0 Å². The fraction of sp³-hybridized carbons (Fsp3) is 0.316. The molecule has 0 spiro atoms. The predicted molar refractivity (Wildman–Crippen MR) is 103 cm³/mol. The molecule has 6 nitrogen and oxygen atoms in total. The number of hydrogen-bond donors (Lipinski definition) is 2. The summed E-state index contributed by atoms with van der Waals surface area (Å²) in [6.45, 7) is 3.11. The van der Waals surface area contributed by atoms with Crippen molar-refractivity contribution in [3.05, 3.63) is 65.7 Å². The second-order valence-corrected chi connectivity index (χ2v) is 8.31. The van der Waals surface area contributed by atoms with E-state index in [1.807, 2.05) is 25.1 Å². The Balaban J connectivity index is 1.83. The number of rotatable bonds is 8. The Labute approximate surface area is 155 Å². The van der Waals surface area contributed by atoms with Crippen molar-refractivity contribution in [2.24, 2.45) is 0 Å². The fourth-order valence-corrected chi connectivity index (χ4v) is 3.32. The van der Waals surface area contributed by atoms with Gasteiger partial charge in [-0.05, 0) is 36.8 Å². The number of amides is 1. The van der Waals surface area contributed by atoms with E-state index < -0.39 is 10.0 Å². The van der Waals surface area contributed by atoms with E-state index in [2.05, 4.69) is 10.6 Å². The molecule has 140 valence electrons. The van der Waals surface area contributed by atoms with Gasteiger partial charge in [0.2, 0.25) is 10.0 Å². The van der Waals surface area contributed by atoms with Gasteiger partial charge in [-0.3, -0.25) is 4.79 Å². The lowest BCUT2D eigenvalue weighted by Gasteiger charge is -2.16. The van der Waals surface area contributed by atoms with Crippen LogP contribution in [-0.2, 0) is 10.0 Å². The summed E-state index contributed by atoms with van der Waals surface area (Å²) in [4.78, 5) is 12.2. The Morgan fingerprint density at radius 3 is 2.19 bits per heavy atom. The quantitative estimate of drug-likeness (QED) is 0.692. The van der Waals surface area contributed by atoms with Crippen molar-refractivity contribution >= 4 is 15.9 Å². The van der Waals surface area contributed by atoms with Gasteiger partial charge in [-0.15, -0.1) is 0 Å². The standard InChI is InChI=1S/C19H25N3O3S/c1-15(16-9-11-18(12-10-16)26(24,25)22(2)3)20-13-14-21-19(23)17-7-5-4-6-8-17/h4-12,15,20H,13-14H2,1-3H3,(H,21,23)/t15-/m0/s1. The Kier molecular flexibility index (Phi) is 6.90. The van der Waals surface area contributed by atoms with Gasteiger partial charge in [0.05, 0.1) is 4.90 Å². The first-order chi connectivity index (χ1) is 12.3. The third-order valence-corrected chi connectivity index (χ3v) is 5.89. The first-order valence-corrected chi connectivity index (χ1v) is 9.85. The van der Waals surface area contributed by atoms with E-state index in [9.17, 15) is 13.2 Å². The van der Waals surface area contributed by atoms with Crippen molar-refractivity contribution < 1.29 is 13.2 Å². The summed E-state index contributed by atoms with van der Waals surface area (Å²) >= 11 is 0. The van der Waals surface area contributed by atoms with Crippen LogP contribution in [0.3, 0.4) is 0 Å². The topological polar surface area (TPSA) is 78.5 Å². The molecule has 0 fully saturated rings. The zero-order chi connectivity index (χ0) is 19.2. The molecule has 0 aromatic heterocycles. The highest BCUT2D eigenvalue weighted by Crippen LogP contribution is 2.17. The number of benzene rings is 2. The Bertz CT molecular complexity index is 819. The van der Waals surface area contributed by atoms with Crippen molar-refractivity contribution in [1.29, 1.82) is 0 Å². The molecule has 0 heterocycles. The van der Waals surface area contributed by atoms with Crippen molar-refractivity contribution in [2.45, 2.75) is 17.9 Å². The predicted octanol–water partition coefficient (Wildman–Crippen LogP) is 2.02. The molecular weight excluding hydrogens is 350 g/mol. The van der Waals surface area contributed by atoms with Crippen molar-refractivity contribution in [2.75, 3.05) is 27.2 Å². The third kappa shape index (κ3) is 5.14. The lowest BCUT2D eigenvalue weighted by Crippen LogP contribution is -2.32. The highest BCUT2D eigenvalue weighted by molar-refractivity contribution is 7.89. The maximum atomic E-state index is 12.1. The van der Waals surface area contributed by atoms with E-state index >= 15 is 0 Å². The van der Waals surface area contributed by atoms with Crippen LogP contribution in [0.2, 0.25) is 0 Å². The molecule has 2 rings (SSSR count). The zero-order valence-electron chi connectivity index (χ0n) is 15.3. The van der Waals surface area contributed by atoms with Crippen molar-refractivity contribution in [3.8, 4) is 0 Å². The minimum atomic E-state index is -3.41.